The van der Waals surface area contributed by atoms with Crippen LogP contribution < -0.4 is 10.2 Å². The van der Waals surface area contributed by atoms with Gasteiger partial charge in [0.1, 0.15) is 5.82 Å². The molecule has 98 valence electrons. The predicted molar refractivity (Wildman–Crippen MR) is 74.8 cm³/mol. The van der Waals surface area contributed by atoms with Gasteiger partial charge in [0, 0.05) is 24.8 Å². The van der Waals surface area contributed by atoms with Crippen LogP contribution in [0.5, 0.6) is 0 Å². The standard InChI is InChI=1S/C15H23N3/c1-11-13(9-16-2)5-8-15(17-11)18(14-6-7-14)10-12-3-4-12/h5,8,12,14,16H,3-4,6-7,9-10H2,1-2H3. The fourth-order valence-electron chi connectivity index (χ4n) is 2.51. The first-order valence-corrected chi connectivity index (χ1v) is 7.15. The minimum Gasteiger partial charge on any atom is -0.353 e. The van der Waals surface area contributed by atoms with Crippen LogP contribution in [0.2, 0.25) is 0 Å². The van der Waals surface area contributed by atoms with E-state index in [4.69, 9.17) is 4.98 Å². The molecule has 0 aromatic carbocycles. The molecule has 3 nitrogen and oxygen atoms in total. The highest BCUT2D eigenvalue weighted by molar-refractivity contribution is 5.44. The number of rotatable bonds is 6. The predicted octanol–water partition coefficient (Wildman–Crippen LogP) is 2.49. The van der Waals surface area contributed by atoms with E-state index in [2.05, 4.69) is 29.3 Å². The average Bonchev–Trinajstić information content (AvgIpc) is 3.23. The molecule has 2 aliphatic carbocycles. The van der Waals surface area contributed by atoms with Crippen molar-refractivity contribution in [2.24, 2.45) is 5.92 Å². The van der Waals surface area contributed by atoms with Crippen LogP contribution in [-0.4, -0.2) is 24.6 Å². The summed E-state index contributed by atoms with van der Waals surface area (Å²) in [4.78, 5) is 7.37. The van der Waals surface area contributed by atoms with E-state index >= 15 is 0 Å². The monoisotopic (exact) mass is 245 g/mol. The summed E-state index contributed by atoms with van der Waals surface area (Å²) < 4.78 is 0. The van der Waals surface area contributed by atoms with Gasteiger partial charge in [-0.05, 0) is 57.2 Å². The highest BCUT2D eigenvalue weighted by atomic mass is 15.2. The zero-order chi connectivity index (χ0) is 12.5. The molecule has 2 fully saturated rings. The maximum absolute atomic E-state index is 4.82. The number of hydrogen-bond acceptors (Lipinski definition) is 3. The Bertz CT molecular complexity index is 422. The Labute approximate surface area is 110 Å². The minimum atomic E-state index is 0.771. The van der Waals surface area contributed by atoms with Gasteiger partial charge in [0.2, 0.25) is 0 Å². The molecule has 1 heterocycles. The quantitative estimate of drug-likeness (QED) is 0.834. The summed E-state index contributed by atoms with van der Waals surface area (Å²) in [6.07, 6.45) is 5.54. The van der Waals surface area contributed by atoms with Crippen LogP contribution in [0.1, 0.15) is 36.9 Å². The van der Waals surface area contributed by atoms with Gasteiger partial charge in [-0.15, -0.1) is 0 Å². The van der Waals surface area contributed by atoms with Crippen molar-refractivity contribution < 1.29 is 0 Å². The van der Waals surface area contributed by atoms with Gasteiger partial charge in [-0.25, -0.2) is 4.98 Å². The summed E-state index contributed by atoms with van der Waals surface area (Å²) in [6.45, 7) is 4.26. The molecule has 0 spiro atoms. The van der Waals surface area contributed by atoms with Gasteiger partial charge < -0.3 is 10.2 Å². The number of anilines is 1. The third kappa shape index (κ3) is 2.66. The number of nitrogens with zero attached hydrogens (tertiary/aromatic N) is 2. The number of nitrogens with one attached hydrogen (secondary N) is 1. The molecular weight excluding hydrogens is 222 g/mol. The van der Waals surface area contributed by atoms with Gasteiger partial charge in [0.15, 0.2) is 0 Å². The van der Waals surface area contributed by atoms with Crippen molar-refractivity contribution in [2.45, 2.75) is 45.2 Å². The van der Waals surface area contributed by atoms with E-state index < -0.39 is 0 Å². The lowest BCUT2D eigenvalue weighted by Gasteiger charge is -2.24. The Morgan fingerprint density at radius 3 is 2.61 bits per heavy atom. The minimum absolute atomic E-state index is 0.771. The van der Waals surface area contributed by atoms with Crippen molar-refractivity contribution in [3.63, 3.8) is 0 Å². The number of pyridine rings is 1. The molecule has 0 amide bonds. The summed E-state index contributed by atoms with van der Waals surface area (Å²) >= 11 is 0. The Kier molecular flexibility index (Phi) is 3.25. The molecule has 0 saturated heterocycles. The van der Waals surface area contributed by atoms with E-state index in [0.717, 1.165) is 18.5 Å². The fourth-order valence-corrected chi connectivity index (χ4v) is 2.51. The molecule has 2 aliphatic rings. The van der Waals surface area contributed by atoms with Crippen molar-refractivity contribution >= 4 is 5.82 Å². The van der Waals surface area contributed by atoms with Crippen LogP contribution in [-0.2, 0) is 6.54 Å². The lowest BCUT2D eigenvalue weighted by Crippen LogP contribution is -2.29. The Hall–Kier alpha value is -1.09. The lowest BCUT2D eigenvalue weighted by molar-refractivity contribution is 0.705. The van der Waals surface area contributed by atoms with E-state index in [0.29, 0.717) is 0 Å². The summed E-state index contributed by atoms with van der Waals surface area (Å²) in [5, 5.41) is 3.20. The van der Waals surface area contributed by atoms with Gasteiger partial charge in [-0.1, -0.05) is 6.07 Å². The highest BCUT2D eigenvalue weighted by Gasteiger charge is 2.34. The maximum atomic E-state index is 4.82. The Morgan fingerprint density at radius 2 is 2.06 bits per heavy atom. The summed E-state index contributed by atoms with van der Waals surface area (Å²) in [5.41, 5.74) is 2.48. The van der Waals surface area contributed by atoms with Gasteiger partial charge in [-0.3, -0.25) is 0 Å². The average molecular weight is 245 g/mol. The molecule has 0 bridgehead atoms. The third-order valence-corrected chi connectivity index (χ3v) is 3.98. The van der Waals surface area contributed by atoms with Gasteiger partial charge in [0.25, 0.3) is 0 Å². The molecule has 1 aromatic heterocycles. The van der Waals surface area contributed by atoms with E-state index in [1.165, 1.54) is 49.3 Å². The SMILES string of the molecule is CNCc1ccc(N(CC2CC2)C2CC2)nc1C. The summed E-state index contributed by atoms with van der Waals surface area (Å²) in [7, 11) is 1.98. The zero-order valence-corrected chi connectivity index (χ0v) is 11.4. The van der Waals surface area contributed by atoms with Crippen LogP contribution in [0, 0.1) is 12.8 Å². The van der Waals surface area contributed by atoms with E-state index in [1.807, 2.05) is 7.05 Å². The number of aromatic nitrogens is 1. The van der Waals surface area contributed by atoms with Crippen molar-refractivity contribution in [3.05, 3.63) is 23.4 Å². The summed E-state index contributed by atoms with van der Waals surface area (Å²) in [6, 6.07) is 5.21. The Balaban J connectivity index is 1.77. The molecular formula is C15H23N3. The molecule has 3 heteroatoms. The van der Waals surface area contributed by atoms with Gasteiger partial charge in [-0.2, -0.15) is 0 Å². The molecule has 1 aromatic rings. The van der Waals surface area contributed by atoms with Crippen LogP contribution in [0.3, 0.4) is 0 Å². The molecule has 0 aliphatic heterocycles. The lowest BCUT2D eigenvalue weighted by atomic mass is 10.2. The maximum Gasteiger partial charge on any atom is 0.129 e. The van der Waals surface area contributed by atoms with Gasteiger partial charge >= 0.3 is 0 Å². The third-order valence-electron chi connectivity index (χ3n) is 3.98. The normalized spacial score (nSPS) is 19.0. The molecule has 3 rings (SSSR count). The second kappa shape index (κ2) is 4.88. The second-order valence-corrected chi connectivity index (χ2v) is 5.77. The van der Waals surface area contributed by atoms with Gasteiger partial charge in [0.05, 0.1) is 0 Å². The van der Waals surface area contributed by atoms with Crippen LogP contribution in [0.25, 0.3) is 0 Å². The number of hydrogen-bond donors (Lipinski definition) is 1. The fraction of sp³-hybridized carbons (Fsp3) is 0.667. The van der Waals surface area contributed by atoms with Crippen molar-refractivity contribution in [2.75, 3.05) is 18.5 Å². The first-order chi connectivity index (χ1) is 8.78. The molecule has 0 radical (unpaired) electrons. The second-order valence-electron chi connectivity index (χ2n) is 5.77. The Morgan fingerprint density at radius 1 is 1.28 bits per heavy atom. The van der Waals surface area contributed by atoms with E-state index in [1.54, 1.807) is 0 Å². The first-order valence-electron chi connectivity index (χ1n) is 7.15. The van der Waals surface area contributed by atoms with Crippen LogP contribution in [0.4, 0.5) is 5.82 Å². The topological polar surface area (TPSA) is 28.2 Å². The van der Waals surface area contributed by atoms with E-state index in [-0.39, 0.29) is 0 Å². The molecule has 2 saturated carbocycles. The molecule has 18 heavy (non-hydrogen) atoms. The highest BCUT2D eigenvalue weighted by Crippen LogP contribution is 2.37. The summed E-state index contributed by atoms with van der Waals surface area (Å²) in [5.74, 6) is 2.13. The number of aryl methyl sites for hydroxylation is 1. The van der Waals surface area contributed by atoms with Crippen molar-refractivity contribution in [1.29, 1.82) is 0 Å². The first kappa shape index (κ1) is 12.0. The van der Waals surface area contributed by atoms with E-state index in [9.17, 15) is 0 Å². The molecule has 0 unspecified atom stereocenters. The van der Waals surface area contributed by atoms with Crippen LogP contribution in [0.15, 0.2) is 12.1 Å². The smallest absolute Gasteiger partial charge is 0.129 e. The van der Waals surface area contributed by atoms with Crippen molar-refractivity contribution in [3.8, 4) is 0 Å². The molecule has 1 N–H and O–H groups in total. The zero-order valence-electron chi connectivity index (χ0n) is 11.4. The largest absolute Gasteiger partial charge is 0.353 e. The van der Waals surface area contributed by atoms with Crippen LogP contribution >= 0.6 is 0 Å². The molecule has 0 atom stereocenters. The van der Waals surface area contributed by atoms with Crippen molar-refractivity contribution in [1.82, 2.24) is 10.3 Å².